The summed E-state index contributed by atoms with van der Waals surface area (Å²) in [5, 5.41) is 14.6. The second-order valence-electron chi connectivity index (χ2n) is 5.65. The highest BCUT2D eigenvalue weighted by Gasteiger charge is 2.10. The van der Waals surface area contributed by atoms with Crippen LogP contribution >= 0.6 is 0 Å². The van der Waals surface area contributed by atoms with Crippen molar-refractivity contribution >= 4 is 22.7 Å². The number of amides is 2. The van der Waals surface area contributed by atoms with Crippen molar-refractivity contribution in [3.63, 3.8) is 0 Å². The summed E-state index contributed by atoms with van der Waals surface area (Å²) in [4.78, 5) is 27.6. The van der Waals surface area contributed by atoms with Gasteiger partial charge < -0.3 is 15.4 Å². The Kier molecular flexibility index (Phi) is 5.28. The van der Waals surface area contributed by atoms with Crippen molar-refractivity contribution in [2.24, 2.45) is 0 Å². The number of carbonyl (C=O) groups is 2. The lowest BCUT2D eigenvalue weighted by molar-refractivity contribution is -0.119. The fourth-order valence-corrected chi connectivity index (χ4v) is 2.37. The van der Waals surface area contributed by atoms with Crippen LogP contribution in [-0.4, -0.2) is 30.4 Å². The molecule has 27 heavy (non-hydrogen) atoms. The quantitative estimate of drug-likeness (QED) is 0.727. The fraction of sp³-hybridized carbons (Fsp3) is 0.100. The maximum absolute atomic E-state index is 12.1. The Labute approximate surface area is 155 Å². The van der Waals surface area contributed by atoms with E-state index in [0.717, 1.165) is 5.39 Å². The molecule has 0 fully saturated rings. The Bertz CT molecular complexity index is 1040. The fourth-order valence-electron chi connectivity index (χ4n) is 2.37. The molecule has 3 rings (SSSR count). The smallest absolute Gasteiger partial charge is 0.270 e. The van der Waals surface area contributed by atoms with Crippen LogP contribution < -0.4 is 15.4 Å². The number of likely N-dealkylation sites (N-methyl/N-ethyl adjacent to an activating group) is 1. The van der Waals surface area contributed by atoms with E-state index in [1.54, 1.807) is 48.5 Å². The minimum Gasteiger partial charge on any atom is -0.457 e. The van der Waals surface area contributed by atoms with Gasteiger partial charge >= 0.3 is 0 Å². The lowest BCUT2D eigenvalue weighted by atomic mass is 10.2. The Morgan fingerprint density at radius 1 is 1.07 bits per heavy atom. The van der Waals surface area contributed by atoms with Gasteiger partial charge in [-0.15, -0.1) is 0 Å². The number of aromatic nitrogens is 1. The van der Waals surface area contributed by atoms with E-state index in [9.17, 15) is 9.59 Å². The Morgan fingerprint density at radius 2 is 1.81 bits per heavy atom. The van der Waals surface area contributed by atoms with Crippen molar-refractivity contribution in [3.8, 4) is 17.6 Å². The molecule has 0 atom stereocenters. The number of nitrogens with one attached hydrogen (secondary N) is 2. The molecule has 0 spiro atoms. The predicted molar refractivity (Wildman–Crippen MR) is 99.4 cm³/mol. The van der Waals surface area contributed by atoms with Gasteiger partial charge in [-0.1, -0.05) is 6.07 Å². The van der Waals surface area contributed by atoms with Gasteiger partial charge in [-0.3, -0.25) is 9.59 Å². The van der Waals surface area contributed by atoms with Crippen LogP contribution in [0.5, 0.6) is 11.5 Å². The third kappa shape index (κ3) is 4.38. The van der Waals surface area contributed by atoms with Crippen molar-refractivity contribution in [1.82, 2.24) is 15.6 Å². The molecule has 134 valence electrons. The lowest BCUT2D eigenvalue weighted by Gasteiger charge is -2.08. The summed E-state index contributed by atoms with van der Waals surface area (Å²) in [6.07, 6.45) is 0. The van der Waals surface area contributed by atoms with Crippen LogP contribution in [0.1, 0.15) is 16.1 Å². The van der Waals surface area contributed by atoms with E-state index in [1.807, 2.05) is 6.07 Å². The molecule has 2 aromatic carbocycles. The van der Waals surface area contributed by atoms with Gasteiger partial charge in [0.1, 0.15) is 17.2 Å². The van der Waals surface area contributed by atoms with E-state index in [1.165, 1.54) is 7.05 Å². The molecule has 0 saturated heterocycles. The number of nitrogens with zero attached hydrogens (tertiary/aromatic N) is 2. The molecule has 7 nitrogen and oxygen atoms in total. The molecule has 0 saturated carbocycles. The van der Waals surface area contributed by atoms with Crippen LogP contribution in [0, 0.1) is 11.3 Å². The van der Waals surface area contributed by atoms with E-state index in [4.69, 9.17) is 10.00 Å². The molecular weight excluding hydrogens is 344 g/mol. The second-order valence-corrected chi connectivity index (χ2v) is 5.65. The van der Waals surface area contributed by atoms with Crippen molar-refractivity contribution in [3.05, 3.63) is 65.9 Å². The summed E-state index contributed by atoms with van der Waals surface area (Å²) in [5.41, 5.74) is 1.43. The summed E-state index contributed by atoms with van der Waals surface area (Å²) in [6.45, 7) is -0.105. The first-order valence-electron chi connectivity index (χ1n) is 8.16. The van der Waals surface area contributed by atoms with Gasteiger partial charge in [0.15, 0.2) is 0 Å². The zero-order valence-electron chi connectivity index (χ0n) is 14.5. The van der Waals surface area contributed by atoms with Gasteiger partial charge in [-0.25, -0.2) is 4.98 Å². The van der Waals surface area contributed by atoms with Gasteiger partial charge in [-0.05, 0) is 48.5 Å². The normalized spacial score (nSPS) is 10.1. The van der Waals surface area contributed by atoms with Gasteiger partial charge in [0.05, 0.1) is 23.7 Å². The van der Waals surface area contributed by atoms with E-state index in [0.29, 0.717) is 22.6 Å². The van der Waals surface area contributed by atoms with E-state index in [2.05, 4.69) is 21.7 Å². The van der Waals surface area contributed by atoms with Gasteiger partial charge in [0.2, 0.25) is 5.91 Å². The number of nitriles is 1. The standard InChI is InChI=1S/C20H16N4O3/c1-22-19(25)12-23-20(26)18-8-4-14-10-16(7-9-17(14)24-18)27-15-5-2-13(11-21)3-6-15/h2-10H,12H2,1H3,(H,22,25)(H,23,26). The first kappa shape index (κ1) is 17.9. The molecule has 3 aromatic rings. The Balaban J connectivity index is 1.75. The van der Waals surface area contributed by atoms with Crippen LogP contribution in [0.4, 0.5) is 0 Å². The Hall–Kier alpha value is -3.92. The Morgan fingerprint density at radius 3 is 2.52 bits per heavy atom. The first-order valence-corrected chi connectivity index (χ1v) is 8.16. The number of fused-ring (bicyclic) bond motifs is 1. The first-order chi connectivity index (χ1) is 13.1. The van der Waals surface area contributed by atoms with Gasteiger partial charge in [-0.2, -0.15) is 5.26 Å². The number of pyridine rings is 1. The highest BCUT2D eigenvalue weighted by atomic mass is 16.5. The monoisotopic (exact) mass is 360 g/mol. The lowest BCUT2D eigenvalue weighted by Crippen LogP contribution is -2.35. The minimum atomic E-state index is -0.418. The third-order valence-electron chi connectivity index (χ3n) is 3.80. The van der Waals surface area contributed by atoms with Crippen LogP contribution in [0.15, 0.2) is 54.6 Å². The summed E-state index contributed by atoms with van der Waals surface area (Å²) in [6, 6.07) is 17.5. The molecule has 0 aliphatic carbocycles. The molecule has 2 N–H and O–H groups in total. The van der Waals surface area contributed by atoms with E-state index in [-0.39, 0.29) is 18.1 Å². The molecular formula is C20H16N4O3. The maximum atomic E-state index is 12.1. The summed E-state index contributed by atoms with van der Waals surface area (Å²) < 4.78 is 5.78. The molecule has 0 aliphatic heterocycles. The number of rotatable bonds is 5. The zero-order valence-corrected chi connectivity index (χ0v) is 14.5. The van der Waals surface area contributed by atoms with Crippen molar-refractivity contribution in [1.29, 1.82) is 5.26 Å². The highest BCUT2D eigenvalue weighted by Crippen LogP contribution is 2.25. The number of hydrogen-bond donors (Lipinski definition) is 2. The molecule has 0 radical (unpaired) electrons. The third-order valence-corrected chi connectivity index (χ3v) is 3.80. The van der Waals surface area contributed by atoms with Crippen LogP contribution in [0.3, 0.4) is 0 Å². The summed E-state index contributed by atoms with van der Waals surface area (Å²) >= 11 is 0. The zero-order chi connectivity index (χ0) is 19.2. The topological polar surface area (TPSA) is 104 Å². The second kappa shape index (κ2) is 7.97. The largest absolute Gasteiger partial charge is 0.457 e. The van der Waals surface area contributed by atoms with Gasteiger partial charge in [0.25, 0.3) is 5.91 Å². The summed E-state index contributed by atoms with van der Waals surface area (Å²) in [5.74, 6) is 0.532. The molecule has 0 unspecified atom stereocenters. The average molecular weight is 360 g/mol. The molecule has 0 aliphatic rings. The van der Waals surface area contributed by atoms with Crippen LogP contribution in [-0.2, 0) is 4.79 Å². The minimum absolute atomic E-state index is 0.105. The SMILES string of the molecule is CNC(=O)CNC(=O)c1ccc2cc(Oc3ccc(C#N)cc3)ccc2n1. The number of carbonyl (C=O) groups excluding carboxylic acids is 2. The van der Waals surface area contributed by atoms with Crippen LogP contribution in [0.2, 0.25) is 0 Å². The number of hydrogen-bond acceptors (Lipinski definition) is 5. The number of ether oxygens (including phenoxy) is 1. The maximum Gasteiger partial charge on any atom is 0.270 e. The predicted octanol–water partition coefficient (Wildman–Crippen LogP) is 2.37. The summed E-state index contributed by atoms with van der Waals surface area (Å²) in [7, 11) is 1.50. The van der Waals surface area contributed by atoms with E-state index < -0.39 is 5.91 Å². The molecule has 1 heterocycles. The average Bonchev–Trinajstić information content (AvgIpc) is 2.71. The van der Waals surface area contributed by atoms with Crippen LogP contribution in [0.25, 0.3) is 10.9 Å². The van der Waals surface area contributed by atoms with Crippen molar-refractivity contribution < 1.29 is 14.3 Å². The molecule has 2 amide bonds. The van der Waals surface area contributed by atoms with Crippen molar-refractivity contribution in [2.75, 3.05) is 13.6 Å². The van der Waals surface area contributed by atoms with Crippen molar-refractivity contribution in [2.45, 2.75) is 0 Å². The molecule has 7 heteroatoms. The molecule has 1 aromatic heterocycles. The number of benzene rings is 2. The molecule has 0 bridgehead atoms. The highest BCUT2D eigenvalue weighted by molar-refractivity contribution is 5.96. The van der Waals surface area contributed by atoms with Gasteiger partial charge in [0, 0.05) is 12.4 Å². The van der Waals surface area contributed by atoms with E-state index >= 15 is 0 Å².